The zero-order valence-electron chi connectivity index (χ0n) is 21.4. The van der Waals surface area contributed by atoms with Crippen LogP contribution in [0.1, 0.15) is 53.4 Å². The van der Waals surface area contributed by atoms with Crippen LogP contribution in [0.3, 0.4) is 0 Å². The van der Waals surface area contributed by atoms with Crippen LogP contribution in [0.4, 0.5) is 0 Å². The molecular formula is C26H41N3O5. The van der Waals surface area contributed by atoms with Crippen LogP contribution >= 0.6 is 0 Å². The summed E-state index contributed by atoms with van der Waals surface area (Å²) in [6, 6.07) is -0.841. The Kier molecular flexibility index (Phi) is 7.35. The fraction of sp³-hybridized carbons (Fsp3) is 0.731. The summed E-state index contributed by atoms with van der Waals surface area (Å²) in [6.07, 6.45) is 5.45. The Morgan fingerprint density at radius 1 is 1.21 bits per heavy atom. The van der Waals surface area contributed by atoms with Gasteiger partial charge < -0.3 is 24.5 Å². The SMILES string of the molecule is C=CCN(C)C(=O)[C@H]1[C@H]2C(=O)N(CCCO)C(C(=O)N(CC=C)C(C)(C)C)C23CC[C@]1(CC)O3. The van der Waals surface area contributed by atoms with E-state index in [0.717, 1.165) is 0 Å². The second-order valence-corrected chi connectivity index (χ2v) is 10.9. The first-order chi connectivity index (χ1) is 16.0. The van der Waals surface area contributed by atoms with Gasteiger partial charge in [0.15, 0.2) is 0 Å². The minimum atomic E-state index is -1.06. The average Bonchev–Trinajstić information content (AvgIpc) is 3.38. The summed E-state index contributed by atoms with van der Waals surface area (Å²) in [5.74, 6) is -1.93. The van der Waals surface area contributed by atoms with Gasteiger partial charge in [0.2, 0.25) is 17.7 Å². The van der Waals surface area contributed by atoms with Crippen LogP contribution in [-0.2, 0) is 19.1 Å². The topological polar surface area (TPSA) is 90.4 Å². The first-order valence-electron chi connectivity index (χ1n) is 12.4. The number of hydrogen-bond acceptors (Lipinski definition) is 5. The molecule has 3 aliphatic heterocycles. The summed E-state index contributed by atoms with van der Waals surface area (Å²) in [6.45, 7) is 16.3. The van der Waals surface area contributed by atoms with Gasteiger partial charge >= 0.3 is 0 Å². The molecule has 0 aromatic carbocycles. The molecular weight excluding hydrogens is 434 g/mol. The van der Waals surface area contributed by atoms with E-state index in [1.807, 2.05) is 27.7 Å². The van der Waals surface area contributed by atoms with Crippen molar-refractivity contribution in [3.8, 4) is 0 Å². The van der Waals surface area contributed by atoms with Crippen molar-refractivity contribution in [3.63, 3.8) is 0 Å². The first-order valence-corrected chi connectivity index (χ1v) is 12.4. The summed E-state index contributed by atoms with van der Waals surface area (Å²) in [4.78, 5) is 46.7. The highest BCUT2D eigenvalue weighted by molar-refractivity contribution is 5.99. The molecule has 1 N–H and O–H groups in total. The largest absolute Gasteiger partial charge is 0.396 e. The van der Waals surface area contributed by atoms with Crippen LogP contribution in [-0.4, -0.2) is 93.6 Å². The number of rotatable bonds is 10. The molecule has 0 aliphatic carbocycles. The number of nitrogens with zero attached hydrogens (tertiary/aromatic N) is 3. The van der Waals surface area contributed by atoms with Gasteiger partial charge in [0.25, 0.3) is 0 Å². The van der Waals surface area contributed by atoms with E-state index in [9.17, 15) is 19.5 Å². The van der Waals surface area contributed by atoms with Crippen molar-refractivity contribution in [1.82, 2.24) is 14.7 Å². The van der Waals surface area contributed by atoms with Gasteiger partial charge in [-0.05, 0) is 46.5 Å². The predicted octanol–water partition coefficient (Wildman–Crippen LogP) is 1.98. The Morgan fingerprint density at radius 3 is 2.38 bits per heavy atom. The minimum Gasteiger partial charge on any atom is -0.396 e. The number of ether oxygens (including phenoxy) is 1. The zero-order chi connectivity index (χ0) is 25.5. The summed E-state index contributed by atoms with van der Waals surface area (Å²) in [7, 11) is 1.71. The molecule has 0 aromatic rings. The molecule has 2 unspecified atom stereocenters. The fourth-order valence-electron chi connectivity index (χ4n) is 6.35. The lowest BCUT2D eigenvalue weighted by molar-refractivity contribution is -0.157. The number of likely N-dealkylation sites (tertiary alicyclic amines) is 1. The Morgan fingerprint density at radius 2 is 1.85 bits per heavy atom. The summed E-state index contributed by atoms with van der Waals surface area (Å²) in [5.41, 5.74) is -2.32. The van der Waals surface area contributed by atoms with E-state index in [0.29, 0.717) is 38.8 Å². The van der Waals surface area contributed by atoms with Crippen molar-refractivity contribution in [2.75, 3.05) is 33.3 Å². The third kappa shape index (κ3) is 3.88. The summed E-state index contributed by atoms with van der Waals surface area (Å²) in [5, 5.41) is 9.50. The number of amides is 3. The first kappa shape index (κ1) is 26.4. The van der Waals surface area contributed by atoms with Crippen LogP contribution < -0.4 is 0 Å². The molecule has 3 aliphatic rings. The monoisotopic (exact) mass is 475 g/mol. The maximum atomic E-state index is 14.2. The number of aliphatic hydroxyl groups is 1. The molecule has 3 rings (SSSR count). The number of aliphatic hydroxyl groups excluding tert-OH is 1. The average molecular weight is 476 g/mol. The third-order valence-corrected chi connectivity index (χ3v) is 7.90. The van der Waals surface area contributed by atoms with Gasteiger partial charge in [-0.1, -0.05) is 19.1 Å². The van der Waals surface area contributed by atoms with Crippen molar-refractivity contribution in [2.45, 2.75) is 76.2 Å². The van der Waals surface area contributed by atoms with Gasteiger partial charge in [0.05, 0.1) is 17.4 Å². The molecule has 5 atom stereocenters. The Labute approximate surface area is 203 Å². The van der Waals surface area contributed by atoms with E-state index < -0.39 is 34.6 Å². The van der Waals surface area contributed by atoms with Gasteiger partial charge in [-0.3, -0.25) is 14.4 Å². The molecule has 34 heavy (non-hydrogen) atoms. The highest BCUT2D eigenvalue weighted by Crippen LogP contribution is 2.64. The lowest BCUT2D eigenvalue weighted by Gasteiger charge is -2.42. The molecule has 3 fully saturated rings. The van der Waals surface area contributed by atoms with Crippen molar-refractivity contribution < 1.29 is 24.2 Å². The highest BCUT2D eigenvalue weighted by atomic mass is 16.5. The van der Waals surface area contributed by atoms with Crippen molar-refractivity contribution >= 4 is 17.7 Å². The van der Waals surface area contributed by atoms with Crippen molar-refractivity contribution in [3.05, 3.63) is 25.3 Å². The van der Waals surface area contributed by atoms with Gasteiger partial charge in [-0.25, -0.2) is 0 Å². The van der Waals surface area contributed by atoms with Crippen LogP contribution in [0, 0.1) is 11.8 Å². The molecule has 0 radical (unpaired) electrons. The Bertz CT molecular complexity index is 852. The van der Waals surface area contributed by atoms with Gasteiger partial charge in [-0.15, -0.1) is 13.2 Å². The molecule has 2 bridgehead atoms. The van der Waals surface area contributed by atoms with E-state index >= 15 is 0 Å². The minimum absolute atomic E-state index is 0.0951. The fourth-order valence-corrected chi connectivity index (χ4v) is 6.35. The van der Waals surface area contributed by atoms with Gasteiger partial charge in [-0.2, -0.15) is 0 Å². The van der Waals surface area contributed by atoms with Gasteiger partial charge in [0.1, 0.15) is 11.6 Å². The van der Waals surface area contributed by atoms with Crippen molar-refractivity contribution in [1.29, 1.82) is 0 Å². The molecule has 0 aromatic heterocycles. The van der Waals surface area contributed by atoms with E-state index in [1.54, 1.807) is 33.9 Å². The maximum Gasteiger partial charge on any atom is 0.249 e. The third-order valence-electron chi connectivity index (χ3n) is 7.90. The van der Waals surface area contributed by atoms with Crippen LogP contribution in [0.25, 0.3) is 0 Å². The number of likely N-dealkylation sites (N-methyl/N-ethyl adjacent to an activating group) is 1. The standard InChI is InChI=1S/C26H41N3O5/c1-8-14-27(7)21(31)18-19-22(32)28(16-11-17-30)20(23(33)29(15-9-2)24(4,5)6)26(19)13-12-25(18,10-3)34-26/h8-9,18-20,30H,1-2,10-17H2,3-7H3/t18-,19+,20?,25+,26?/m1/s1. The smallest absolute Gasteiger partial charge is 0.249 e. The molecule has 3 heterocycles. The number of fused-ring (bicyclic) bond motifs is 1. The van der Waals surface area contributed by atoms with E-state index in [4.69, 9.17) is 4.74 Å². The Balaban J connectivity index is 2.13. The van der Waals surface area contributed by atoms with Crippen LogP contribution in [0.5, 0.6) is 0 Å². The van der Waals surface area contributed by atoms with E-state index in [1.165, 1.54) is 0 Å². The summed E-state index contributed by atoms with van der Waals surface area (Å²) >= 11 is 0. The van der Waals surface area contributed by atoms with E-state index in [-0.39, 0.29) is 30.9 Å². The molecule has 3 amide bonds. The second-order valence-electron chi connectivity index (χ2n) is 10.9. The predicted molar refractivity (Wildman–Crippen MR) is 130 cm³/mol. The molecule has 8 nitrogen and oxygen atoms in total. The normalized spacial score (nSPS) is 32.0. The van der Waals surface area contributed by atoms with Gasteiger partial charge in [0, 0.05) is 38.8 Å². The lowest BCUT2D eigenvalue weighted by Crippen LogP contribution is -2.60. The molecule has 0 saturated carbocycles. The number of carbonyl (C=O) groups excluding carboxylic acids is 3. The molecule has 1 spiro atoms. The maximum absolute atomic E-state index is 14.2. The van der Waals surface area contributed by atoms with E-state index in [2.05, 4.69) is 13.2 Å². The molecule has 3 saturated heterocycles. The van der Waals surface area contributed by atoms with Crippen molar-refractivity contribution in [2.24, 2.45) is 11.8 Å². The molecule has 8 heteroatoms. The van der Waals surface area contributed by atoms with Crippen LogP contribution in [0.15, 0.2) is 25.3 Å². The number of hydrogen-bond donors (Lipinski definition) is 1. The molecule has 190 valence electrons. The number of carbonyl (C=O) groups is 3. The van der Waals surface area contributed by atoms with Crippen LogP contribution in [0.2, 0.25) is 0 Å². The zero-order valence-corrected chi connectivity index (χ0v) is 21.4. The Hall–Kier alpha value is -2.19. The lowest BCUT2D eigenvalue weighted by atomic mass is 9.64. The quantitative estimate of drug-likeness (QED) is 0.488. The highest BCUT2D eigenvalue weighted by Gasteiger charge is 2.79. The summed E-state index contributed by atoms with van der Waals surface area (Å²) < 4.78 is 6.77. The second kappa shape index (κ2) is 9.46.